The van der Waals surface area contributed by atoms with E-state index in [4.69, 9.17) is 5.73 Å². The fourth-order valence-corrected chi connectivity index (χ4v) is 2.11. The van der Waals surface area contributed by atoms with Gasteiger partial charge in [0.25, 0.3) is 0 Å². The van der Waals surface area contributed by atoms with E-state index in [1.807, 2.05) is 6.07 Å². The number of rotatable bonds is 2. The maximum Gasteiger partial charge on any atom is 0.142 e. The Balaban J connectivity index is 2.40. The van der Waals surface area contributed by atoms with Crippen molar-refractivity contribution in [3.8, 4) is 0 Å². The molecule has 2 nitrogen and oxygen atoms in total. The SMILES string of the molecule is NC(c1ccc(Br)cn1)c1cccc(Br)c1F. The summed E-state index contributed by atoms with van der Waals surface area (Å²) < 4.78 is 15.1. The third-order valence-corrected chi connectivity index (χ3v) is 3.47. The number of hydrogen-bond acceptors (Lipinski definition) is 2. The van der Waals surface area contributed by atoms with Crippen LogP contribution < -0.4 is 5.73 Å². The summed E-state index contributed by atoms with van der Waals surface area (Å²) in [5.74, 6) is -0.343. The molecule has 1 atom stereocenters. The highest BCUT2D eigenvalue weighted by Crippen LogP contribution is 2.26. The van der Waals surface area contributed by atoms with Gasteiger partial charge in [0, 0.05) is 16.2 Å². The molecule has 0 fully saturated rings. The fraction of sp³-hybridized carbons (Fsp3) is 0.0833. The van der Waals surface area contributed by atoms with Crippen LogP contribution in [0.1, 0.15) is 17.3 Å². The van der Waals surface area contributed by atoms with Crippen molar-refractivity contribution >= 4 is 31.9 Å². The number of pyridine rings is 1. The Morgan fingerprint density at radius 2 is 1.94 bits per heavy atom. The molecule has 0 aliphatic heterocycles. The molecule has 88 valence electrons. The van der Waals surface area contributed by atoms with Crippen molar-refractivity contribution in [1.82, 2.24) is 4.98 Å². The molecule has 0 spiro atoms. The Morgan fingerprint density at radius 3 is 2.59 bits per heavy atom. The van der Waals surface area contributed by atoms with Gasteiger partial charge < -0.3 is 5.73 Å². The lowest BCUT2D eigenvalue weighted by molar-refractivity contribution is 0.591. The first-order valence-electron chi connectivity index (χ1n) is 4.90. The molecule has 1 heterocycles. The zero-order valence-electron chi connectivity index (χ0n) is 8.70. The minimum Gasteiger partial charge on any atom is -0.319 e. The number of hydrogen-bond donors (Lipinski definition) is 1. The van der Waals surface area contributed by atoms with E-state index in [9.17, 15) is 4.39 Å². The second kappa shape index (κ2) is 5.25. The summed E-state index contributed by atoms with van der Waals surface area (Å²) in [4.78, 5) is 4.17. The topological polar surface area (TPSA) is 38.9 Å². The average Bonchev–Trinajstić information content (AvgIpc) is 2.33. The van der Waals surface area contributed by atoms with Crippen LogP contribution in [0.15, 0.2) is 45.5 Å². The van der Waals surface area contributed by atoms with Gasteiger partial charge in [0.05, 0.1) is 16.2 Å². The normalized spacial score (nSPS) is 12.5. The molecule has 1 aromatic carbocycles. The molecule has 5 heteroatoms. The van der Waals surface area contributed by atoms with E-state index in [1.165, 1.54) is 0 Å². The van der Waals surface area contributed by atoms with Crippen LogP contribution in [0.5, 0.6) is 0 Å². The average molecular weight is 360 g/mol. The molecule has 2 N–H and O–H groups in total. The van der Waals surface area contributed by atoms with Crippen molar-refractivity contribution in [2.75, 3.05) is 0 Å². The Bertz CT molecular complexity index is 529. The van der Waals surface area contributed by atoms with Gasteiger partial charge in [-0.2, -0.15) is 0 Å². The van der Waals surface area contributed by atoms with Gasteiger partial charge in [-0.3, -0.25) is 4.98 Å². The fourth-order valence-electron chi connectivity index (χ4n) is 1.49. The molecule has 2 rings (SSSR count). The van der Waals surface area contributed by atoms with E-state index in [-0.39, 0.29) is 5.82 Å². The third kappa shape index (κ3) is 2.73. The highest BCUT2D eigenvalue weighted by atomic mass is 79.9. The first-order chi connectivity index (χ1) is 8.09. The molecule has 0 amide bonds. The number of aromatic nitrogens is 1. The van der Waals surface area contributed by atoms with Gasteiger partial charge in [0.2, 0.25) is 0 Å². The van der Waals surface area contributed by atoms with Crippen LogP contribution in [0.3, 0.4) is 0 Å². The first-order valence-corrected chi connectivity index (χ1v) is 6.49. The van der Waals surface area contributed by atoms with Crippen LogP contribution in [0.2, 0.25) is 0 Å². The van der Waals surface area contributed by atoms with E-state index in [2.05, 4.69) is 36.8 Å². The van der Waals surface area contributed by atoms with Crippen LogP contribution in [0.4, 0.5) is 4.39 Å². The number of benzene rings is 1. The van der Waals surface area contributed by atoms with E-state index in [1.54, 1.807) is 30.5 Å². The molecule has 0 bridgehead atoms. The van der Waals surface area contributed by atoms with Crippen LogP contribution >= 0.6 is 31.9 Å². The second-order valence-corrected chi connectivity index (χ2v) is 5.29. The van der Waals surface area contributed by atoms with Gasteiger partial charge in [-0.25, -0.2) is 4.39 Å². The molecule has 17 heavy (non-hydrogen) atoms. The summed E-state index contributed by atoms with van der Waals surface area (Å²) >= 11 is 6.43. The van der Waals surface area contributed by atoms with Crippen LogP contribution in [0.25, 0.3) is 0 Å². The summed E-state index contributed by atoms with van der Waals surface area (Å²) in [5.41, 5.74) is 7.05. The van der Waals surface area contributed by atoms with Crippen molar-refractivity contribution in [1.29, 1.82) is 0 Å². The molecule has 0 saturated heterocycles. The highest BCUT2D eigenvalue weighted by molar-refractivity contribution is 9.10. The minimum atomic E-state index is -0.569. The van der Waals surface area contributed by atoms with E-state index >= 15 is 0 Å². The van der Waals surface area contributed by atoms with E-state index in [0.29, 0.717) is 15.7 Å². The zero-order chi connectivity index (χ0) is 12.4. The Kier molecular flexibility index (Phi) is 3.91. The van der Waals surface area contributed by atoms with Crippen LogP contribution in [-0.4, -0.2) is 4.98 Å². The first kappa shape index (κ1) is 12.7. The van der Waals surface area contributed by atoms with Crippen molar-refractivity contribution in [3.05, 3.63) is 62.5 Å². The lowest BCUT2D eigenvalue weighted by Crippen LogP contribution is -2.15. The predicted molar refractivity (Wildman–Crippen MR) is 72.1 cm³/mol. The van der Waals surface area contributed by atoms with Gasteiger partial charge in [-0.15, -0.1) is 0 Å². The molecule has 1 aromatic heterocycles. The monoisotopic (exact) mass is 358 g/mol. The van der Waals surface area contributed by atoms with Gasteiger partial charge in [-0.1, -0.05) is 12.1 Å². The predicted octanol–water partition coefficient (Wildman–Crippen LogP) is 3.79. The molecule has 0 aliphatic rings. The van der Waals surface area contributed by atoms with Crippen molar-refractivity contribution in [2.24, 2.45) is 5.73 Å². The lowest BCUT2D eigenvalue weighted by Gasteiger charge is -2.13. The molecule has 0 saturated carbocycles. The Labute approximate surface area is 115 Å². The van der Waals surface area contributed by atoms with E-state index < -0.39 is 6.04 Å². The van der Waals surface area contributed by atoms with Crippen LogP contribution in [-0.2, 0) is 0 Å². The quantitative estimate of drug-likeness (QED) is 0.885. The third-order valence-electron chi connectivity index (χ3n) is 2.39. The van der Waals surface area contributed by atoms with Crippen molar-refractivity contribution in [3.63, 3.8) is 0 Å². The van der Waals surface area contributed by atoms with Crippen molar-refractivity contribution in [2.45, 2.75) is 6.04 Å². The second-order valence-electron chi connectivity index (χ2n) is 3.52. The number of nitrogens with two attached hydrogens (primary N) is 1. The molecule has 1 unspecified atom stereocenters. The van der Waals surface area contributed by atoms with Gasteiger partial charge in [0.15, 0.2) is 0 Å². The maximum absolute atomic E-state index is 13.9. The molecule has 2 aromatic rings. The summed E-state index contributed by atoms with van der Waals surface area (Å²) in [7, 11) is 0. The molecular formula is C12H9Br2FN2. The van der Waals surface area contributed by atoms with Crippen molar-refractivity contribution < 1.29 is 4.39 Å². The standard InChI is InChI=1S/C12H9Br2FN2/c13-7-4-5-10(17-6-7)12(16)8-2-1-3-9(14)11(8)15/h1-6,12H,16H2. The van der Waals surface area contributed by atoms with Gasteiger partial charge in [0.1, 0.15) is 5.82 Å². The van der Waals surface area contributed by atoms with Gasteiger partial charge >= 0.3 is 0 Å². The van der Waals surface area contributed by atoms with Crippen LogP contribution in [0, 0.1) is 5.82 Å². The Hall–Kier alpha value is -0.780. The summed E-state index contributed by atoms with van der Waals surface area (Å²) in [6.07, 6.45) is 1.64. The number of nitrogens with zero attached hydrogens (tertiary/aromatic N) is 1. The zero-order valence-corrected chi connectivity index (χ0v) is 11.9. The minimum absolute atomic E-state index is 0.343. The maximum atomic E-state index is 13.9. The summed E-state index contributed by atoms with van der Waals surface area (Å²) in [6.45, 7) is 0. The molecule has 0 aliphatic carbocycles. The Morgan fingerprint density at radius 1 is 1.18 bits per heavy atom. The summed E-state index contributed by atoms with van der Waals surface area (Å²) in [6, 6.07) is 8.09. The largest absolute Gasteiger partial charge is 0.319 e. The summed E-state index contributed by atoms with van der Waals surface area (Å²) in [5, 5.41) is 0. The highest BCUT2D eigenvalue weighted by Gasteiger charge is 2.16. The molecular weight excluding hydrogens is 351 g/mol. The van der Waals surface area contributed by atoms with E-state index in [0.717, 1.165) is 4.47 Å². The van der Waals surface area contributed by atoms with Gasteiger partial charge in [-0.05, 0) is 50.1 Å². The smallest absolute Gasteiger partial charge is 0.142 e. The lowest BCUT2D eigenvalue weighted by atomic mass is 10.0. The molecule has 0 radical (unpaired) electrons. The number of halogens is 3.